The average Bonchev–Trinajstić information content (AvgIpc) is 2.83. The van der Waals surface area contributed by atoms with Crippen molar-refractivity contribution in [2.45, 2.75) is 69.5 Å². The summed E-state index contributed by atoms with van der Waals surface area (Å²) in [6.45, 7) is 2.88. The number of thiocarbonyl (C=S) groups is 1. The van der Waals surface area contributed by atoms with E-state index in [9.17, 15) is 20.2 Å². The van der Waals surface area contributed by atoms with Gasteiger partial charge in [0.25, 0.3) is 0 Å². The Bertz CT molecular complexity index is 598. The van der Waals surface area contributed by atoms with E-state index in [1.807, 2.05) is 6.92 Å². The van der Waals surface area contributed by atoms with Crippen LogP contribution in [0.1, 0.15) is 32.6 Å². The Morgan fingerprint density at radius 1 is 1.26 bits per heavy atom. The van der Waals surface area contributed by atoms with Crippen molar-refractivity contribution in [1.29, 1.82) is 0 Å². The molecular weight excluding hydrogens is 523 g/mol. The number of unbranched alkanes of at least 4 members (excludes halogenated alkanes) is 1. The van der Waals surface area contributed by atoms with Crippen molar-refractivity contribution in [3.8, 4) is 0 Å². The summed E-state index contributed by atoms with van der Waals surface area (Å²) in [5.41, 5.74) is 0. The van der Waals surface area contributed by atoms with Gasteiger partial charge in [0.2, 0.25) is 0 Å². The summed E-state index contributed by atoms with van der Waals surface area (Å²) in [6.07, 6.45) is -2.77. The van der Waals surface area contributed by atoms with Crippen LogP contribution in [0.3, 0.4) is 0 Å². The molecule has 0 amide bonds. The Morgan fingerprint density at radius 2 is 1.97 bits per heavy atom. The van der Waals surface area contributed by atoms with Crippen molar-refractivity contribution in [3.63, 3.8) is 0 Å². The van der Waals surface area contributed by atoms with Crippen LogP contribution in [0.5, 0.6) is 0 Å². The molecule has 6 N–H and O–H groups in total. The second-order valence-electron chi connectivity index (χ2n) is 8.08. The smallest absolute Gasteiger partial charge is 0.394 e. The van der Waals surface area contributed by atoms with Gasteiger partial charge in [0.1, 0.15) is 12.2 Å². The third-order valence-corrected chi connectivity index (χ3v) is 7.60. The molecule has 1 rings (SSSR count). The van der Waals surface area contributed by atoms with E-state index in [2.05, 4.69) is 22.9 Å². The largest absolute Gasteiger partial charge is 0.475 e. The number of methoxy groups -OCH3 is 2. The predicted octanol–water partition coefficient (Wildman–Crippen LogP) is 0.353. The summed E-state index contributed by atoms with van der Waals surface area (Å²) in [6, 6.07) is 0. The molecule has 8 atom stereocenters. The van der Waals surface area contributed by atoms with Crippen LogP contribution in [0.15, 0.2) is 0 Å². The Hall–Kier alpha value is 0.0700. The van der Waals surface area contributed by atoms with E-state index in [-0.39, 0.29) is 12.3 Å². The zero-order chi connectivity index (χ0) is 26.4. The van der Waals surface area contributed by atoms with Gasteiger partial charge in [-0.1, -0.05) is 6.92 Å². The topological polar surface area (TPSA) is 160 Å². The van der Waals surface area contributed by atoms with Crippen LogP contribution in [-0.2, 0) is 28.0 Å². The summed E-state index contributed by atoms with van der Waals surface area (Å²) in [7, 11) is 1.05. The number of aliphatic hydroxyl groups is 3. The highest BCUT2D eigenvalue weighted by Crippen LogP contribution is 2.62. The predicted molar refractivity (Wildman–Crippen MR) is 138 cm³/mol. The fourth-order valence-electron chi connectivity index (χ4n) is 3.52. The van der Waals surface area contributed by atoms with E-state index >= 15 is 0 Å². The molecule has 0 bridgehead atoms. The quantitative estimate of drug-likeness (QED) is 0.0426. The van der Waals surface area contributed by atoms with Gasteiger partial charge < -0.3 is 44.9 Å². The minimum atomic E-state index is -3.35. The molecule has 12 nitrogen and oxygen atoms in total. The van der Waals surface area contributed by atoms with Crippen LogP contribution in [0.25, 0.3) is 0 Å². The van der Waals surface area contributed by atoms with Gasteiger partial charge in [-0.25, -0.2) is 0 Å². The molecule has 1 aliphatic heterocycles. The summed E-state index contributed by atoms with van der Waals surface area (Å²) in [5, 5.41) is 35.3. The first-order chi connectivity index (χ1) is 16.6. The van der Waals surface area contributed by atoms with Crippen LogP contribution in [0.2, 0.25) is 0 Å². The van der Waals surface area contributed by atoms with Crippen molar-refractivity contribution in [3.05, 3.63) is 0 Å². The van der Waals surface area contributed by atoms with Gasteiger partial charge in [-0.05, 0) is 31.5 Å². The minimum Gasteiger partial charge on any atom is -0.394 e. The molecule has 8 unspecified atom stereocenters. The van der Waals surface area contributed by atoms with Crippen LogP contribution >= 0.6 is 31.6 Å². The van der Waals surface area contributed by atoms with Crippen molar-refractivity contribution < 1.29 is 48.2 Å². The Morgan fingerprint density at radius 3 is 2.54 bits per heavy atom. The molecule has 35 heavy (non-hydrogen) atoms. The summed E-state index contributed by atoms with van der Waals surface area (Å²) in [5.74, 6) is -0.127. The monoisotopic (exact) mass is 565 g/mol. The van der Waals surface area contributed by atoms with E-state index < -0.39 is 50.7 Å². The first-order valence-corrected chi connectivity index (χ1v) is 14.6. The fraction of sp³-hybridized carbons (Fsp3) is 0.950. The highest BCUT2D eigenvalue weighted by Gasteiger charge is 2.45. The molecule has 0 radical (unpaired) electrons. The SMILES string of the molecule is CCC(COC)C(O[P+](O)(S)OC)C(NC(=S)NCCCCOC1CC(O)C(O)C(CO)O1)OC. The lowest BCUT2D eigenvalue weighted by molar-refractivity contribution is -0.256. The average molecular weight is 566 g/mol. The summed E-state index contributed by atoms with van der Waals surface area (Å²) >= 11 is 9.47. The molecule has 0 spiro atoms. The van der Waals surface area contributed by atoms with Crippen molar-refractivity contribution in [1.82, 2.24) is 10.6 Å². The Labute approximate surface area is 218 Å². The first-order valence-electron chi connectivity index (χ1n) is 11.5. The zero-order valence-corrected chi connectivity index (χ0v) is 23.3. The lowest BCUT2D eigenvalue weighted by Gasteiger charge is -2.36. The molecule has 0 aromatic rings. The molecule has 1 heterocycles. The second kappa shape index (κ2) is 17.6. The van der Waals surface area contributed by atoms with E-state index in [0.29, 0.717) is 37.7 Å². The van der Waals surface area contributed by atoms with Gasteiger partial charge in [0, 0.05) is 39.7 Å². The highest BCUT2D eigenvalue weighted by atomic mass is 32.7. The van der Waals surface area contributed by atoms with Gasteiger partial charge in [-0.2, -0.15) is 13.9 Å². The number of rotatable bonds is 17. The molecule has 1 fully saturated rings. The van der Waals surface area contributed by atoms with Crippen LogP contribution in [-0.4, -0.2) is 110 Å². The number of aliphatic hydroxyl groups excluding tert-OH is 3. The third-order valence-electron chi connectivity index (χ3n) is 5.57. The normalized spacial score (nSPS) is 27.0. The minimum absolute atomic E-state index is 0.127. The van der Waals surface area contributed by atoms with E-state index in [4.69, 9.17) is 40.2 Å². The molecule has 0 aromatic heterocycles. The maximum absolute atomic E-state index is 10.3. The fourth-order valence-corrected chi connectivity index (χ4v) is 4.75. The summed E-state index contributed by atoms with van der Waals surface area (Å²) < 4.78 is 32.6. The van der Waals surface area contributed by atoms with Crippen molar-refractivity contribution in [2.24, 2.45) is 5.92 Å². The van der Waals surface area contributed by atoms with Gasteiger partial charge >= 0.3 is 7.15 Å². The Kier molecular flexibility index (Phi) is 16.6. The lowest BCUT2D eigenvalue weighted by Crippen LogP contribution is -2.52. The third kappa shape index (κ3) is 12.0. The number of thiol groups is 1. The van der Waals surface area contributed by atoms with Crippen LogP contribution in [0.4, 0.5) is 0 Å². The van der Waals surface area contributed by atoms with Crippen LogP contribution < -0.4 is 10.6 Å². The maximum atomic E-state index is 10.3. The molecule has 208 valence electrons. The first kappa shape index (κ1) is 33.1. The van der Waals surface area contributed by atoms with Gasteiger partial charge in [0.15, 0.2) is 23.7 Å². The van der Waals surface area contributed by atoms with E-state index in [0.717, 1.165) is 6.42 Å². The number of hydrogen-bond acceptors (Lipinski definition) is 12. The lowest BCUT2D eigenvalue weighted by atomic mass is 9.99. The highest BCUT2D eigenvalue weighted by molar-refractivity contribution is 8.47. The zero-order valence-electron chi connectivity index (χ0n) is 20.7. The summed E-state index contributed by atoms with van der Waals surface area (Å²) in [4.78, 5) is 10.3. The molecule has 0 aromatic carbocycles. The van der Waals surface area contributed by atoms with Crippen LogP contribution in [0, 0.1) is 5.92 Å². The number of ether oxygens (including phenoxy) is 4. The molecule has 15 heteroatoms. The van der Waals surface area contributed by atoms with Gasteiger partial charge in [0.05, 0.1) is 38.7 Å². The Balaban J connectivity index is 2.45. The molecule has 1 saturated heterocycles. The van der Waals surface area contributed by atoms with Crippen molar-refractivity contribution in [2.75, 3.05) is 47.7 Å². The standard InChI is InChI=1S/C20H41N2O10PS2/c1-5-13(12-27-2)18(32-33(26,35)29-4)19(28-3)22-20(34)21-8-6-7-9-30-16-10-14(24)17(25)15(11-23)31-16/h13-19,23-26,35H,5-12H2,1-4H3,(H-,21,22,34)/p+1. The maximum Gasteiger partial charge on any atom is 0.475 e. The molecule has 1 aliphatic rings. The van der Waals surface area contributed by atoms with Crippen molar-refractivity contribution >= 4 is 36.7 Å². The number of hydrogen-bond donors (Lipinski definition) is 7. The second-order valence-corrected chi connectivity index (χ2v) is 11.6. The number of nitrogens with one attached hydrogen (secondary N) is 2. The van der Waals surface area contributed by atoms with Gasteiger partial charge in [-0.15, -0.1) is 0 Å². The molecule has 0 saturated carbocycles. The van der Waals surface area contributed by atoms with Gasteiger partial charge in [-0.3, -0.25) is 0 Å². The van der Waals surface area contributed by atoms with E-state index in [1.165, 1.54) is 14.2 Å². The van der Waals surface area contributed by atoms with E-state index in [1.54, 1.807) is 7.11 Å². The molecule has 0 aliphatic carbocycles. The molecular formula is C20H42N2O10PS2+.